The molecule has 1 saturated heterocycles. The molecule has 0 saturated carbocycles. The molecule has 3 rings (SSSR count). The fourth-order valence-corrected chi connectivity index (χ4v) is 5.27. The molecule has 2 aromatic carbocycles. The van der Waals surface area contributed by atoms with E-state index >= 15 is 0 Å². The lowest BCUT2D eigenvalue weighted by Crippen LogP contribution is -2.57. The van der Waals surface area contributed by atoms with Gasteiger partial charge in [0, 0.05) is 18.3 Å². The molecule has 1 heterocycles. The Labute approximate surface area is 165 Å². The molecule has 0 bridgehead atoms. The van der Waals surface area contributed by atoms with Crippen molar-refractivity contribution >= 4 is 27.3 Å². The van der Waals surface area contributed by atoms with E-state index in [1.807, 2.05) is 6.07 Å². The zero-order chi connectivity index (χ0) is 20.4. The van der Waals surface area contributed by atoms with E-state index < -0.39 is 20.7 Å². The monoisotopic (exact) mass is 404 g/mol. The Hall–Kier alpha value is -2.74. The third-order valence-corrected chi connectivity index (χ3v) is 7.54. The van der Waals surface area contributed by atoms with Gasteiger partial charge in [0.25, 0.3) is 0 Å². The van der Waals surface area contributed by atoms with Gasteiger partial charge in [-0.3, -0.25) is 9.10 Å². The number of amides is 1. The first-order valence-electron chi connectivity index (χ1n) is 8.94. The molecular weight excluding hydrogens is 380 g/mol. The third-order valence-electron chi connectivity index (χ3n) is 5.04. The first-order valence-corrected chi connectivity index (χ1v) is 10.4. The number of benzene rings is 2. The zero-order valence-electron chi connectivity index (χ0n) is 16.1. The Bertz CT molecular complexity index is 962. The van der Waals surface area contributed by atoms with Gasteiger partial charge in [-0.2, -0.15) is 0 Å². The Kier molecular flexibility index (Phi) is 5.51. The fraction of sp³-hybridized carbons (Fsp3) is 0.350. The fourth-order valence-electron chi connectivity index (χ4n) is 3.32. The number of hydrogen-bond donors (Lipinski definition) is 1. The molecule has 2 aromatic rings. The van der Waals surface area contributed by atoms with Crippen molar-refractivity contribution in [1.82, 2.24) is 0 Å². The highest BCUT2D eigenvalue weighted by molar-refractivity contribution is 7.95. The Balaban J connectivity index is 1.90. The predicted octanol–water partition coefficient (Wildman–Crippen LogP) is 3.03. The molecule has 8 heteroatoms. The third kappa shape index (κ3) is 3.40. The molecule has 0 spiro atoms. The maximum atomic E-state index is 13.3. The number of sulfonamides is 1. The van der Waals surface area contributed by atoms with Crippen LogP contribution in [0.1, 0.15) is 19.8 Å². The van der Waals surface area contributed by atoms with Crippen molar-refractivity contribution in [2.45, 2.75) is 24.5 Å². The van der Waals surface area contributed by atoms with Gasteiger partial charge in [-0.25, -0.2) is 8.42 Å². The van der Waals surface area contributed by atoms with Crippen LogP contribution in [-0.2, 0) is 14.8 Å². The van der Waals surface area contributed by atoms with Gasteiger partial charge < -0.3 is 14.8 Å². The molecule has 1 atom stereocenters. The molecule has 7 nitrogen and oxygen atoms in total. The summed E-state index contributed by atoms with van der Waals surface area (Å²) in [5.74, 6) is 0.399. The number of carbonyl (C=O) groups is 1. The topological polar surface area (TPSA) is 84.9 Å². The number of methoxy groups -OCH3 is 2. The molecule has 1 aliphatic rings. The minimum atomic E-state index is -3.90. The molecule has 1 aliphatic heterocycles. The minimum Gasteiger partial charge on any atom is -0.493 e. The molecule has 0 aliphatic carbocycles. The molecule has 1 fully saturated rings. The van der Waals surface area contributed by atoms with Crippen molar-refractivity contribution in [2.24, 2.45) is 0 Å². The molecule has 0 aromatic heterocycles. The second kappa shape index (κ2) is 7.71. The van der Waals surface area contributed by atoms with Gasteiger partial charge in [-0.1, -0.05) is 18.2 Å². The van der Waals surface area contributed by atoms with E-state index in [-0.39, 0.29) is 6.42 Å². The van der Waals surface area contributed by atoms with Gasteiger partial charge in [-0.15, -0.1) is 0 Å². The first-order chi connectivity index (χ1) is 13.3. The molecule has 1 unspecified atom stereocenters. The average Bonchev–Trinajstić information content (AvgIpc) is 2.70. The summed E-state index contributed by atoms with van der Waals surface area (Å²) in [5, 5.41) is 2.73. The number of hydrogen-bond acceptors (Lipinski definition) is 5. The Morgan fingerprint density at radius 1 is 1.07 bits per heavy atom. The number of anilines is 2. The standard InChI is InChI=1S/C20H24N2O5S/c1-20(19(23)21-15-10-11-17(26-2)18(14-15)27-3)12-7-13-22(28(20,24)25)16-8-5-4-6-9-16/h4-6,8-11,14H,7,12-13H2,1-3H3,(H,21,23). The molecule has 150 valence electrons. The van der Waals surface area contributed by atoms with Crippen LogP contribution in [0.4, 0.5) is 11.4 Å². The molecule has 0 radical (unpaired) electrons. The lowest BCUT2D eigenvalue weighted by atomic mass is 10.0. The summed E-state index contributed by atoms with van der Waals surface area (Å²) in [4.78, 5) is 13.0. The quantitative estimate of drug-likeness (QED) is 0.828. The number of carbonyl (C=O) groups excluding carboxylic acids is 1. The van der Waals surface area contributed by atoms with E-state index in [9.17, 15) is 13.2 Å². The lowest BCUT2D eigenvalue weighted by Gasteiger charge is -2.39. The van der Waals surface area contributed by atoms with Gasteiger partial charge in [-0.05, 0) is 44.0 Å². The maximum absolute atomic E-state index is 13.3. The van der Waals surface area contributed by atoms with E-state index in [1.165, 1.54) is 25.4 Å². The Morgan fingerprint density at radius 2 is 1.75 bits per heavy atom. The highest BCUT2D eigenvalue weighted by Crippen LogP contribution is 2.37. The van der Waals surface area contributed by atoms with Crippen LogP contribution in [-0.4, -0.2) is 39.8 Å². The van der Waals surface area contributed by atoms with Crippen LogP contribution in [0.5, 0.6) is 11.5 Å². The van der Waals surface area contributed by atoms with Crippen molar-refractivity contribution in [1.29, 1.82) is 0 Å². The summed E-state index contributed by atoms with van der Waals surface area (Å²) in [6.07, 6.45) is 0.835. The van der Waals surface area contributed by atoms with Gasteiger partial charge in [0.1, 0.15) is 0 Å². The van der Waals surface area contributed by atoms with Gasteiger partial charge in [0.05, 0.1) is 19.9 Å². The summed E-state index contributed by atoms with van der Waals surface area (Å²) >= 11 is 0. The van der Waals surface area contributed by atoms with Crippen molar-refractivity contribution in [3.8, 4) is 11.5 Å². The number of nitrogens with one attached hydrogen (secondary N) is 1. The number of nitrogens with zero attached hydrogens (tertiary/aromatic N) is 1. The highest BCUT2D eigenvalue weighted by Gasteiger charge is 2.52. The van der Waals surface area contributed by atoms with Crippen molar-refractivity contribution in [2.75, 3.05) is 30.4 Å². The summed E-state index contributed by atoms with van der Waals surface area (Å²) in [7, 11) is -0.888. The van der Waals surface area contributed by atoms with Crippen molar-refractivity contribution < 1.29 is 22.7 Å². The predicted molar refractivity (Wildman–Crippen MR) is 109 cm³/mol. The van der Waals surface area contributed by atoms with E-state index in [1.54, 1.807) is 42.5 Å². The molecule has 1 amide bonds. The van der Waals surface area contributed by atoms with Gasteiger partial charge >= 0.3 is 0 Å². The maximum Gasteiger partial charge on any atom is 0.249 e. The number of para-hydroxylation sites is 1. The van der Waals surface area contributed by atoms with Crippen LogP contribution in [0, 0.1) is 0 Å². The lowest BCUT2D eigenvalue weighted by molar-refractivity contribution is -0.118. The summed E-state index contributed by atoms with van der Waals surface area (Å²) in [6.45, 7) is 1.83. The average molecular weight is 404 g/mol. The largest absolute Gasteiger partial charge is 0.493 e. The summed E-state index contributed by atoms with van der Waals surface area (Å²) < 4.78 is 36.8. The normalized spacial score (nSPS) is 21.0. The summed E-state index contributed by atoms with van der Waals surface area (Å²) in [6, 6.07) is 13.7. The highest BCUT2D eigenvalue weighted by atomic mass is 32.2. The van der Waals surface area contributed by atoms with Crippen LogP contribution >= 0.6 is 0 Å². The van der Waals surface area contributed by atoms with Crippen LogP contribution in [0.25, 0.3) is 0 Å². The zero-order valence-corrected chi connectivity index (χ0v) is 17.0. The van der Waals surface area contributed by atoms with Crippen LogP contribution < -0.4 is 19.1 Å². The van der Waals surface area contributed by atoms with Crippen LogP contribution in [0.2, 0.25) is 0 Å². The van der Waals surface area contributed by atoms with Gasteiger partial charge in [0.15, 0.2) is 16.2 Å². The second-order valence-electron chi connectivity index (χ2n) is 6.77. The van der Waals surface area contributed by atoms with Gasteiger partial charge in [0.2, 0.25) is 15.9 Å². The number of rotatable bonds is 5. The second-order valence-corrected chi connectivity index (χ2v) is 9.06. The molecule has 1 N–H and O–H groups in total. The molecular formula is C20H24N2O5S. The SMILES string of the molecule is COc1ccc(NC(=O)C2(C)CCCN(c3ccccc3)S2(=O)=O)cc1OC. The van der Waals surface area contributed by atoms with E-state index in [4.69, 9.17) is 9.47 Å². The molecule has 28 heavy (non-hydrogen) atoms. The van der Waals surface area contributed by atoms with E-state index in [0.717, 1.165) is 0 Å². The van der Waals surface area contributed by atoms with Crippen LogP contribution in [0.3, 0.4) is 0 Å². The van der Waals surface area contributed by atoms with Crippen molar-refractivity contribution in [3.05, 3.63) is 48.5 Å². The van der Waals surface area contributed by atoms with Crippen LogP contribution in [0.15, 0.2) is 48.5 Å². The van der Waals surface area contributed by atoms with Crippen molar-refractivity contribution in [3.63, 3.8) is 0 Å². The van der Waals surface area contributed by atoms with E-state index in [0.29, 0.717) is 35.8 Å². The minimum absolute atomic E-state index is 0.248. The van der Waals surface area contributed by atoms with E-state index in [2.05, 4.69) is 5.32 Å². The smallest absolute Gasteiger partial charge is 0.249 e. The summed E-state index contributed by atoms with van der Waals surface area (Å²) in [5.41, 5.74) is 1.00. The Morgan fingerprint density at radius 3 is 2.39 bits per heavy atom. The number of ether oxygens (including phenoxy) is 2. The first kappa shape index (κ1) is 20.0.